The summed E-state index contributed by atoms with van der Waals surface area (Å²) in [5, 5.41) is 10.5. The number of carbonyl (C=O) groups excluding carboxylic acids is 2. The van der Waals surface area contributed by atoms with Gasteiger partial charge >= 0.3 is 0 Å². The van der Waals surface area contributed by atoms with E-state index in [1.807, 2.05) is 13.8 Å². The lowest BCUT2D eigenvalue weighted by Gasteiger charge is -2.08. The zero-order valence-corrected chi connectivity index (χ0v) is 12.7. The maximum Gasteiger partial charge on any atom is 0.262 e. The molecule has 0 saturated carbocycles. The molecule has 1 aromatic carbocycles. The Labute approximate surface area is 128 Å². The second-order valence-electron chi connectivity index (χ2n) is 4.92. The summed E-state index contributed by atoms with van der Waals surface area (Å²) in [6.07, 6.45) is 0. The number of nitrogens with zero attached hydrogens (tertiary/aromatic N) is 2. The Morgan fingerprint density at radius 2 is 1.95 bits per heavy atom. The van der Waals surface area contributed by atoms with Gasteiger partial charge in [-0.15, -0.1) is 5.10 Å². The number of aryl methyl sites for hydroxylation is 2. The smallest absolute Gasteiger partial charge is 0.262 e. The van der Waals surface area contributed by atoms with Gasteiger partial charge in [-0.25, -0.2) is 0 Å². The zero-order valence-electron chi connectivity index (χ0n) is 12.7. The molecule has 6 nitrogen and oxygen atoms in total. The lowest BCUT2D eigenvalue weighted by atomic mass is 10.1. The maximum atomic E-state index is 11.8. The minimum atomic E-state index is -0.333. The van der Waals surface area contributed by atoms with E-state index in [2.05, 4.69) is 15.5 Å². The van der Waals surface area contributed by atoms with Gasteiger partial charge in [-0.05, 0) is 38.5 Å². The van der Waals surface area contributed by atoms with Gasteiger partial charge in [-0.1, -0.05) is 12.1 Å². The quantitative estimate of drug-likeness (QED) is 0.857. The first kappa shape index (κ1) is 15.6. The molecule has 1 amide bonds. The lowest BCUT2D eigenvalue weighted by molar-refractivity contribution is -0.118. The van der Waals surface area contributed by atoms with E-state index in [0.29, 0.717) is 17.1 Å². The summed E-state index contributed by atoms with van der Waals surface area (Å²) in [6, 6.07) is 8.46. The fourth-order valence-corrected chi connectivity index (χ4v) is 1.74. The van der Waals surface area contributed by atoms with Gasteiger partial charge in [0.15, 0.2) is 12.4 Å². The van der Waals surface area contributed by atoms with E-state index in [1.54, 1.807) is 30.3 Å². The van der Waals surface area contributed by atoms with Crippen LogP contribution in [0, 0.1) is 13.8 Å². The molecule has 0 aliphatic heterocycles. The van der Waals surface area contributed by atoms with E-state index >= 15 is 0 Å². The minimum absolute atomic E-state index is 0.0576. The number of ketones is 1. The van der Waals surface area contributed by atoms with E-state index in [9.17, 15) is 9.59 Å². The summed E-state index contributed by atoms with van der Waals surface area (Å²) in [7, 11) is 0. The number of nitrogens with one attached hydrogen (secondary N) is 1. The summed E-state index contributed by atoms with van der Waals surface area (Å²) in [5.41, 5.74) is 2.85. The summed E-state index contributed by atoms with van der Waals surface area (Å²) >= 11 is 0. The Kier molecular flexibility index (Phi) is 4.83. The summed E-state index contributed by atoms with van der Waals surface area (Å²) in [4.78, 5) is 23.2. The first-order chi connectivity index (χ1) is 10.5. The number of hydrogen-bond donors (Lipinski definition) is 1. The van der Waals surface area contributed by atoms with Gasteiger partial charge in [-0.2, -0.15) is 5.10 Å². The first-order valence-electron chi connectivity index (χ1n) is 6.80. The Balaban J connectivity index is 1.94. The number of ether oxygens (including phenoxy) is 1. The van der Waals surface area contributed by atoms with Gasteiger partial charge in [0.25, 0.3) is 5.91 Å². The molecule has 0 spiro atoms. The predicted octanol–water partition coefficient (Wildman–Crippen LogP) is 2.31. The molecule has 0 radical (unpaired) electrons. The van der Waals surface area contributed by atoms with Gasteiger partial charge in [0.1, 0.15) is 0 Å². The Bertz CT molecular complexity index is 714. The van der Waals surface area contributed by atoms with Crippen LogP contribution >= 0.6 is 0 Å². The number of rotatable bonds is 5. The van der Waals surface area contributed by atoms with Crippen molar-refractivity contribution in [1.29, 1.82) is 0 Å². The molecule has 1 N–H and O–H groups in total. The highest BCUT2D eigenvalue weighted by atomic mass is 16.5. The molecule has 22 heavy (non-hydrogen) atoms. The Hall–Kier alpha value is -2.76. The maximum absolute atomic E-state index is 11.8. The Morgan fingerprint density at radius 3 is 2.64 bits per heavy atom. The second-order valence-corrected chi connectivity index (χ2v) is 4.92. The van der Waals surface area contributed by atoms with Crippen LogP contribution in [0.1, 0.15) is 28.5 Å². The number of anilines is 1. The van der Waals surface area contributed by atoms with Crippen LogP contribution in [-0.2, 0) is 4.79 Å². The van der Waals surface area contributed by atoms with Crippen molar-refractivity contribution < 1.29 is 14.3 Å². The van der Waals surface area contributed by atoms with Crippen molar-refractivity contribution in [1.82, 2.24) is 10.2 Å². The molecular weight excluding hydrogens is 282 g/mol. The van der Waals surface area contributed by atoms with Crippen molar-refractivity contribution in [2.75, 3.05) is 11.9 Å². The van der Waals surface area contributed by atoms with Crippen molar-refractivity contribution in [3.63, 3.8) is 0 Å². The third-order valence-corrected chi connectivity index (χ3v) is 3.11. The van der Waals surface area contributed by atoms with Gasteiger partial charge in [-0.3, -0.25) is 9.59 Å². The molecule has 2 rings (SSSR count). The number of carbonyl (C=O) groups is 2. The number of benzene rings is 1. The zero-order chi connectivity index (χ0) is 16.1. The van der Waals surface area contributed by atoms with Crippen LogP contribution in [0.15, 0.2) is 30.3 Å². The monoisotopic (exact) mass is 299 g/mol. The molecule has 0 aliphatic carbocycles. The second kappa shape index (κ2) is 6.80. The number of hydrogen-bond acceptors (Lipinski definition) is 5. The SMILES string of the molecule is CC(=O)c1cccc(NC(=O)COc2cc(C)c(C)nn2)c1. The first-order valence-corrected chi connectivity index (χ1v) is 6.80. The van der Waals surface area contributed by atoms with E-state index < -0.39 is 0 Å². The molecule has 6 heteroatoms. The summed E-state index contributed by atoms with van der Waals surface area (Å²) in [5.74, 6) is -0.0887. The highest BCUT2D eigenvalue weighted by molar-refractivity contribution is 5.97. The van der Waals surface area contributed by atoms with Crippen LogP contribution in [-0.4, -0.2) is 28.5 Å². The predicted molar refractivity (Wildman–Crippen MR) is 82.1 cm³/mol. The number of amides is 1. The van der Waals surface area contributed by atoms with Crippen LogP contribution in [0.4, 0.5) is 5.69 Å². The molecule has 2 aromatic rings. The van der Waals surface area contributed by atoms with Gasteiger partial charge in [0.2, 0.25) is 5.88 Å². The van der Waals surface area contributed by atoms with Crippen molar-refractivity contribution in [3.8, 4) is 5.88 Å². The fraction of sp³-hybridized carbons (Fsp3) is 0.250. The van der Waals surface area contributed by atoms with E-state index in [1.165, 1.54) is 6.92 Å². The lowest BCUT2D eigenvalue weighted by Crippen LogP contribution is -2.20. The van der Waals surface area contributed by atoms with Gasteiger partial charge in [0, 0.05) is 17.3 Å². The van der Waals surface area contributed by atoms with Crippen LogP contribution < -0.4 is 10.1 Å². The van der Waals surface area contributed by atoms with Crippen molar-refractivity contribution in [2.45, 2.75) is 20.8 Å². The average molecular weight is 299 g/mol. The van der Waals surface area contributed by atoms with Crippen molar-refractivity contribution in [2.24, 2.45) is 0 Å². The molecule has 1 heterocycles. The van der Waals surface area contributed by atoms with Gasteiger partial charge in [0.05, 0.1) is 5.69 Å². The third-order valence-electron chi connectivity index (χ3n) is 3.11. The fourth-order valence-electron chi connectivity index (χ4n) is 1.74. The molecule has 0 saturated heterocycles. The van der Waals surface area contributed by atoms with Crippen LogP contribution in [0.5, 0.6) is 5.88 Å². The molecule has 0 atom stereocenters. The van der Waals surface area contributed by atoms with Crippen LogP contribution in [0.2, 0.25) is 0 Å². The number of aromatic nitrogens is 2. The molecule has 0 aliphatic rings. The van der Waals surface area contributed by atoms with Crippen molar-refractivity contribution in [3.05, 3.63) is 47.2 Å². The summed E-state index contributed by atoms with van der Waals surface area (Å²) in [6.45, 7) is 5.04. The molecule has 0 bridgehead atoms. The highest BCUT2D eigenvalue weighted by Crippen LogP contribution is 2.12. The average Bonchev–Trinajstić information content (AvgIpc) is 2.49. The van der Waals surface area contributed by atoms with Gasteiger partial charge < -0.3 is 10.1 Å². The molecule has 114 valence electrons. The Morgan fingerprint density at radius 1 is 1.18 bits per heavy atom. The molecule has 0 unspecified atom stereocenters. The molecule has 0 fully saturated rings. The highest BCUT2D eigenvalue weighted by Gasteiger charge is 2.07. The van der Waals surface area contributed by atoms with Crippen molar-refractivity contribution >= 4 is 17.4 Å². The van der Waals surface area contributed by atoms with Crippen LogP contribution in [0.25, 0.3) is 0 Å². The normalized spacial score (nSPS) is 10.1. The largest absolute Gasteiger partial charge is 0.466 e. The van der Waals surface area contributed by atoms with E-state index in [0.717, 1.165) is 11.3 Å². The minimum Gasteiger partial charge on any atom is -0.466 e. The summed E-state index contributed by atoms with van der Waals surface area (Å²) < 4.78 is 5.30. The standard InChI is InChI=1S/C16H17N3O3/c1-10-7-16(19-18-11(10)2)22-9-15(21)17-14-6-4-5-13(8-14)12(3)20/h4-8H,9H2,1-3H3,(H,17,21). The number of Topliss-reactive ketones (excluding diaryl/α,β-unsaturated/α-hetero) is 1. The topological polar surface area (TPSA) is 81.2 Å². The third kappa shape index (κ3) is 4.12. The van der Waals surface area contributed by atoms with E-state index in [4.69, 9.17) is 4.74 Å². The molecular formula is C16H17N3O3. The molecule has 1 aromatic heterocycles. The van der Waals surface area contributed by atoms with E-state index in [-0.39, 0.29) is 18.3 Å². The van der Waals surface area contributed by atoms with Crippen LogP contribution in [0.3, 0.4) is 0 Å².